The van der Waals surface area contributed by atoms with E-state index < -0.39 is 29.9 Å². The Morgan fingerprint density at radius 3 is 2.41 bits per heavy atom. The number of nitrogens with zero attached hydrogens (tertiary/aromatic N) is 1. The topological polar surface area (TPSA) is 39.2 Å². The van der Waals surface area contributed by atoms with Crippen molar-refractivity contribution >= 4 is 28.9 Å². The van der Waals surface area contributed by atoms with E-state index in [4.69, 9.17) is 0 Å². The smallest absolute Gasteiger partial charge is 0.387 e. The lowest BCUT2D eigenvalue weighted by atomic mass is 10.2. The summed E-state index contributed by atoms with van der Waals surface area (Å²) in [5.41, 5.74) is -1.41. The maximum atomic E-state index is 12.5. The Kier molecular flexibility index (Phi) is 4.22. The number of aromatic nitrogens is 1. The molecule has 0 amide bonds. The molecule has 1 aromatic heterocycles. The van der Waals surface area contributed by atoms with E-state index in [1.165, 1.54) is 22.6 Å². The van der Waals surface area contributed by atoms with E-state index in [0.29, 0.717) is 0 Å². The van der Waals surface area contributed by atoms with Crippen molar-refractivity contribution in [2.24, 2.45) is 0 Å². The molecular weight excluding hydrogens is 364 g/mol. The Morgan fingerprint density at radius 2 is 2.00 bits per heavy atom. The monoisotopic (exact) mass is 367 g/mol. The molecule has 0 saturated heterocycles. The number of hydrogen-bond acceptors (Lipinski definition) is 3. The van der Waals surface area contributed by atoms with E-state index in [1.54, 1.807) is 0 Å². The number of alkyl halides is 5. The maximum absolute atomic E-state index is 12.5. The van der Waals surface area contributed by atoms with Crippen molar-refractivity contribution in [3.8, 4) is 5.88 Å². The fourth-order valence-electron chi connectivity index (χ4n) is 0.965. The highest BCUT2D eigenvalue weighted by Gasteiger charge is 2.35. The minimum absolute atomic E-state index is 0.140. The van der Waals surface area contributed by atoms with Gasteiger partial charge in [-0.25, -0.2) is 13.8 Å². The molecule has 0 aromatic carbocycles. The number of halogens is 6. The van der Waals surface area contributed by atoms with E-state index >= 15 is 0 Å². The molecule has 0 fully saturated rings. The van der Waals surface area contributed by atoms with Crippen LogP contribution in [0.1, 0.15) is 22.5 Å². The molecule has 0 aliphatic heterocycles. The molecule has 0 radical (unpaired) electrons. The summed E-state index contributed by atoms with van der Waals surface area (Å²) in [7, 11) is 0. The van der Waals surface area contributed by atoms with Crippen LogP contribution in [-0.2, 0) is 0 Å². The second-order valence-electron chi connectivity index (χ2n) is 2.71. The second kappa shape index (κ2) is 5.10. The van der Waals surface area contributed by atoms with E-state index in [0.717, 1.165) is 6.07 Å². The summed E-state index contributed by atoms with van der Waals surface area (Å²) in [6.45, 7) is 0. The molecule has 1 aromatic rings. The van der Waals surface area contributed by atoms with E-state index in [-0.39, 0.29) is 9.86 Å². The lowest BCUT2D eigenvalue weighted by Crippen LogP contribution is -2.20. The van der Waals surface area contributed by atoms with Gasteiger partial charge in [-0.15, -0.1) is 13.2 Å². The minimum Gasteiger partial charge on any atom is -0.387 e. The molecule has 0 saturated carbocycles. The molecule has 0 aliphatic rings. The van der Waals surface area contributed by atoms with Crippen LogP contribution in [0.3, 0.4) is 0 Å². The number of carbonyl (C=O) groups excluding carboxylic acids is 1. The van der Waals surface area contributed by atoms with Crippen molar-refractivity contribution in [3.05, 3.63) is 20.9 Å². The largest absolute Gasteiger partial charge is 0.574 e. The highest BCUT2D eigenvalue weighted by atomic mass is 127. The van der Waals surface area contributed by atoms with Crippen LogP contribution in [0.15, 0.2) is 6.07 Å². The van der Waals surface area contributed by atoms with Gasteiger partial charge in [-0.1, -0.05) is 0 Å². The average molecular weight is 367 g/mol. The summed E-state index contributed by atoms with van der Waals surface area (Å²) in [5.74, 6) is -1.30. The zero-order chi connectivity index (χ0) is 13.2. The van der Waals surface area contributed by atoms with Crippen molar-refractivity contribution < 1.29 is 31.5 Å². The van der Waals surface area contributed by atoms with Gasteiger partial charge in [-0.3, -0.25) is 4.79 Å². The molecule has 0 bridgehead atoms. The predicted octanol–water partition coefficient (Wildman–Crippen LogP) is 3.33. The van der Waals surface area contributed by atoms with Crippen LogP contribution in [-0.4, -0.2) is 17.6 Å². The number of aldehydes is 1. The summed E-state index contributed by atoms with van der Waals surface area (Å²) >= 11 is 1.38. The van der Waals surface area contributed by atoms with Gasteiger partial charge in [0.15, 0.2) is 6.29 Å². The van der Waals surface area contributed by atoms with Gasteiger partial charge in [0.1, 0.15) is 5.69 Å². The fraction of sp³-hybridized carbons (Fsp3) is 0.250. The predicted molar refractivity (Wildman–Crippen MR) is 54.0 cm³/mol. The van der Waals surface area contributed by atoms with Gasteiger partial charge in [0, 0.05) is 3.57 Å². The van der Waals surface area contributed by atoms with Crippen molar-refractivity contribution in [3.63, 3.8) is 0 Å². The molecular formula is C8H3F5INO2. The third kappa shape index (κ3) is 3.75. The van der Waals surface area contributed by atoms with Crippen LogP contribution in [0.25, 0.3) is 0 Å². The molecule has 94 valence electrons. The van der Waals surface area contributed by atoms with Crippen LogP contribution in [0.2, 0.25) is 0 Å². The standard InChI is InChI=1S/C8H3F5INO2/c9-6(10)5-4(14)1-3(2-16)15-7(5)17-8(11,12)13/h1-2,6H. The quantitative estimate of drug-likeness (QED) is 0.468. The second-order valence-corrected chi connectivity index (χ2v) is 3.88. The molecule has 0 aliphatic carbocycles. The van der Waals surface area contributed by atoms with Gasteiger partial charge >= 0.3 is 6.36 Å². The Morgan fingerprint density at radius 1 is 1.41 bits per heavy atom. The summed E-state index contributed by atoms with van der Waals surface area (Å²) < 4.78 is 64.0. The zero-order valence-corrected chi connectivity index (χ0v) is 9.92. The normalized spacial score (nSPS) is 11.7. The van der Waals surface area contributed by atoms with Crippen molar-refractivity contribution in [2.45, 2.75) is 12.8 Å². The van der Waals surface area contributed by atoms with Crippen molar-refractivity contribution in [2.75, 3.05) is 0 Å². The van der Waals surface area contributed by atoms with E-state index in [9.17, 15) is 26.7 Å². The third-order valence-corrected chi connectivity index (χ3v) is 2.44. The summed E-state index contributed by atoms with van der Waals surface area (Å²) in [6, 6.07) is 0.943. The number of pyridine rings is 1. The minimum atomic E-state index is -5.15. The van der Waals surface area contributed by atoms with Crippen molar-refractivity contribution in [1.82, 2.24) is 4.98 Å². The first kappa shape index (κ1) is 14.1. The average Bonchev–Trinajstić information content (AvgIpc) is 2.13. The van der Waals surface area contributed by atoms with Crippen LogP contribution >= 0.6 is 22.6 Å². The first-order valence-electron chi connectivity index (χ1n) is 3.94. The number of hydrogen-bond donors (Lipinski definition) is 0. The molecule has 1 heterocycles. The number of ether oxygens (including phenoxy) is 1. The lowest BCUT2D eigenvalue weighted by molar-refractivity contribution is -0.276. The highest BCUT2D eigenvalue weighted by molar-refractivity contribution is 14.1. The Hall–Kier alpha value is -1.00. The van der Waals surface area contributed by atoms with Gasteiger partial charge in [0.05, 0.1) is 5.56 Å². The van der Waals surface area contributed by atoms with Crippen molar-refractivity contribution in [1.29, 1.82) is 0 Å². The van der Waals surface area contributed by atoms with Crippen LogP contribution in [0, 0.1) is 3.57 Å². The maximum Gasteiger partial charge on any atom is 0.574 e. The van der Waals surface area contributed by atoms with Gasteiger partial charge in [-0.2, -0.15) is 0 Å². The van der Waals surface area contributed by atoms with Crippen LogP contribution < -0.4 is 4.74 Å². The SMILES string of the molecule is O=Cc1cc(I)c(C(F)F)c(OC(F)(F)F)n1. The lowest BCUT2D eigenvalue weighted by Gasteiger charge is -2.13. The number of rotatable bonds is 3. The first-order valence-corrected chi connectivity index (χ1v) is 5.02. The Labute approximate surface area is 105 Å². The van der Waals surface area contributed by atoms with E-state index in [1.807, 2.05) is 0 Å². The molecule has 0 spiro atoms. The van der Waals surface area contributed by atoms with Gasteiger partial charge in [0.25, 0.3) is 6.43 Å². The van der Waals surface area contributed by atoms with Gasteiger partial charge < -0.3 is 4.74 Å². The van der Waals surface area contributed by atoms with Crippen LogP contribution in [0.4, 0.5) is 22.0 Å². The molecule has 0 unspecified atom stereocenters. The zero-order valence-electron chi connectivity index (χ0n) is 7.76. The Balaban J connectivity index is 3.32. The Bertz CT molecular complexity index is 435. The van der Waals surface area contributed by atoms with Crippen LogP contribution in [0.5, 0.6) is 5.88 Å². The van der Waals surface area contributed by atoms with E-state index in [2.05, 4.69) is 9.72 Å². The number of carbonyl (C=O) groups is 1. The summed E-state index contributed by atoms with van der Waals surface area (Å²) in [5, 5.41) is 0. The summed E-state index contributed by atoms with van der Waals surface area (Å²) in [4.78, 5) is 13.4. The molecule has 0 N–H and O–H groups in total. The third-order valence-electron chi connectivity index (χ3n) is 1.54. The molecule has 1 rings (SSSR count). The molecule has 0 atom stereocenters. The van der Waals surface area contributed by atoms with Gasteiger partial charge in [0.2, 0.25) is 5.88 Å². The molecule has 9 heteroatoms. The molecule has 3 nitrogen and oxygen atoms in total. The molecule has 17 heavy (non-hydrogen) atoms. The highest BCUT2D eigenvalue weighted by Crippen LogP contribution is 2.34. The summed E-state index contributed by atoms with van der Waals surface area (Å²) in [6.07, 6.45) is -8.20. The van der Waals surface area contributed by atoms with Gasteiger partial charge in [-0.05, 0) is 28.7 Å². The fourth-order valence-corrected chi connectivity index (χ4v) is 1.75. The first-order chi connectivity index (χ1) is 7.74.